The molecule has 5 heteroatoms. The van der Waals surface area contributed by atoms with Crippen LogP contribution in [0.4, 0.5) is 51.2 Å². The molecule has 0 aliphatic carbocycles. The summed E-state index contributed by atoms with van der Waals surface area (Å²) in [6.45, 7) is 0.0494. The summed E-state index contributed by atoms with van der Waals surface area (Å²) in [7, 11) is 0. The van der Waals surface area contributed by atoms with E-state index in [-0.39, 0.29) is 6.71 Å². The van der Waals surface area contributed by atoms with Gasteiger partial charge in [-0.15, -0.1) is 0 Å². The fourth-order valence-corrected chi connectivity index (χ4v) is 11.2. The standard InChI is InChI=1S/C52H32BN3S/c1-3-16-36(17-4-1)54-42-22-9-7-20-39(42)53-40-21-8-10-23-43(40)55(37-18-5-2-6-19-37)51-50(53)45(54)32-46-52(51)57-47-25-12-11-24-44(47)56(46)41-31-29-35-27-26-33-14-13-15-34-28-30-38(41)49(35)48(33)34/h1-32H. The van der Waals surface area contributed by atoms with Crippen LogP contribution in [-0.4, -0.2) is 6.71 Å². The molecule has 0 amide bonds. The molecule has 10 aromatic carbocycles. The highest BCUT2D eigenvalue weighted by molar-refractivity contribution is 8.00. The van der Waals surface area contributed by atoms with Gasteiger partial charge in [0, 0.05) is 38.7 Å². The van der Waals surface area contributed by atoms with E-state index in [1.54, 1.807) is 0 Å². The molecular weight excluding hydrogens is 709 g/mol. The van der Waals surface area contributed by atoms with E-state index in [1.165, 1.54) is 98.3 Å². The summed E-state index contributed by atoms with van der Waals surface area (Å²) in [4.78, 5) is 10.1. The highest BCUT2D eigenvalue weighted by atomic mass is 32.2. The monoisotopic (exact) mass is 741 g/mol. The van der Waals surface area contributed by atoms with Gasteiger partial charge in [-0.05, 0) is 104 Å². The van der Waals surface area contributed by atoms with Gasteiger partial charge in [0.15, 0.2) is 0 Å². The molecule has 0 aromatic heterocycles. The fourth-order valence-electron chi connectivity index (χ4n) is 10.0. The molecule has 3 aliphatic rings. The molecule has 0 atom stereocenters. The molecule has 0 saturated heterocycles. The maximum Gasteiger partial charge on any atom is 0.252 e. The molecule has 0 spiro atoms. The van der Waals surface area contributed by atoms with Gasteiger partial charge in [-0.3, -0.25) is 0 Å². The fraction of sp³-hybridized carbons (Fsp3) is 0. The van der Waals surface area contributed by atoms with Crippen molar-refractivity contribution in [1.82, 2.24) is 0 Å². The molecule has 10 aromatic rings. The minimum atomic E-state index is 0.0494. The number of nitrogens with zero attached hydrogens (tertiary/aromatic N) is 3. The Morgan fingerprint density at radius 2 is 0.930 bits per heavy atom. The highest BCUT2D eigenvalue weighted by Gasteiger charge is 2.46. The number of benzene rings is 10. The van der Waals surface area contributed by atoms with Gasteiger partial charge in [0.1, 0.15) is 0 Å². The number of fused-ring (bicyclic) bond motifs is 7. The van der Waals surface area contributed by atoms with Gasteiger partial charge in [0.05, 0.1) is 27.6 Å². The van der Waals surface area contributed by atoms with E-state index in [0.29, 0.717) is 0 Å². The van der Waals surface area contributed by atoms with Crippen molar-refractivity contribution in [1.29, 1.82) is 0 Å². The average molecular weight is 742 g/mol. The zero-order valence-corrected chi connectivity index (χ0v) is 31.6. The summed E-state index contributed by atoms with van der Waals surface area (Å²) in [6, 6.07) is 72.0. The van der Waals surface area contributed by atoms with Gasteiger partial charge in [-0.25, -0.2) is 0 Å². The van der Waals surface area contributed by atoms with Crippen LogP contribution in [0.1, 0.15) is 0 Å². The Balaban J connectivity index is 1.19. The average Bonchev–Trinajstić information content (AvgIpc) is 3.28. The molecule has 0 radical (unpaired) electrons. The van der Waals surface area contributed by atoms with Crippen molar-refractivity contribution < 1.29 is 0 Å². The predicted molar refractivity (Wildman–Crippen MR) is 243 cm³/mol. The minimum Gasteiger partial charge on any atom is -0.311 e. The first-order valence-corrected chi connectivity index (χ1v) is 20.5. The second-order valence-corrected chi connectivity index (χ2v) is 16.3. The zero-order chi connectivity index (χ0) is 37.2. The van der Waals surface area contributed by atoms with E-state index < -0.39 is 0 Å². The lowest BCUT2D eigenvalue weighted by Gasteiger charge is -2.47. The number of hydrogen-bond donors (Lipinski definition) is 0. The van der Waals surface area contributed by atoms with E-state index >= 15 is 0 Å². The molecule has 0 unspecified atom stereocenters. The van der Waals surface area contributed by atoms with Crippen LogP contribution in [0.5, 0.6) is 0 Å². The van der Waals surface area contributed by atoms with Gasteiger partial charge in [-0.1, -0.05) is 145 Å². The molecule has 0 fully saturated rings. The summed E-state index contributed by atoms with van der Waals surface area (Å²) < 4.78 is 0. The number of para-hydroxylation sites is 5. The Kier molecular flexibility index (Phi) is 6.47. The molecule has 57 heavy (non-hydrogen) atoms. The van der Waals surface area contributed by atoms with Crippen LogP contribution in [0, 0.1) is 0 Å². The highest BCUT2D eigenvalue weighted by Crippen LogP contribution is 2.59. The van der Waals surface area contributed by atoms with E-state index in [9.17, 15) is 0 Å². The van der Waals surface area contributed by atoms with Crippen LogP contribution in [0.3, 0.4) is 0 Å². The van der Waals surface area contributed by atoms with Crippen molar-refractivity contribution in [2.75, 3.05) is 14.7 Å². The van der Waals surface area contributed by atoms with Crippen LogP contribution in [0.25, 0.3) is 32.3 Å². The molecule has 0 N–H and O–H groups in total. The summed E-state index contributed by atoms with van der Waals surface area (Å²) >= 11 is 1.90. The maximum absolute atomic E-state index is 2.56. The SMILES string of the molecule is c1ccc(N2c3ccccc3B3c4ccccc4N(c4ccccc4)c4c5c(cc2c43)N(c2ccc3ccc4cccc6ccc2c3c46)c2ccccc2S5)cc1. The molecule has 0 bridgehead atoms. The van der Waals surface area contributed by atoms with Crippen molar-refractivity contribution in [3.05, 3.63) is 194 Å². The molecule has 264 valence electrons. The molecular formula is C52H32BN3S. The molecule has 3 nitrogen and oxygen atoms in total. The van der Waals surface area contributed by atoms with Crippen LogP contribution in [0.15, 0.2) is 204 Å². The first-order valence-electron chi connectivity index (χ1n) is 19.6. The van der Waals surface area contributed by atoms with Crippen molar-refractivity contribution in [2.45, 2.75) is 9.79 Å². The number of anilines is 9. The Morgan fingerprint density at radius 3 is 1.65 bits per heavy atom. The maximum atomic E-state index is 2.56. The van der Waals surface area contributed by atoms with E-state index in [1.807, 2.05) is 11.8 Å². The minimum absolute atomic E-state index is 0.0494. The lowest BCUT2D eigenvalue weighted by Crippen LogP contribution is -2.61. The van der Waals surface area contributed by atoms with E-state index in [4.69, 9.17) is 0 Å². The Bertz CT molecular complexity index is 3230. The Labute approximate surface area is 335 Å². The van der Waals surface area contributed by atoms with Crippen molar-refractivity contribution in [2.24, 2.45) is 0 Å². The summed E-state index contributed by atoms with van der Waals surface area (Å²) in [5.41, 5.74) is 14.7. The van der Waals surface area contributed by atoms with Gasteiger partial charge >= 0.3 is 0 Å². The Hall–Kier alpha value is -6.95. The van der Waals surface area contributed by atoms with Gasteiger partial charge in [-0.2, -0.15) is 0 Å². The first-order chi connectivity index (χ1) is 28.3. The normalized spacial score (nSPS) is 13.8. The Morgan fingerprint density at radius 1 is 0.368 bits per heavy atom. The summed E-state index contributed by atoms with van der Waals surface area (Å²) in [5, 5.41) is 7.72. The van der Waals surface area contributed by atoms with Gasteiger partial charge in [0.2, 0.25) is 0 Å². The zero-order valence-electron chi connectivity index (χ0n) is 30.8. The number of rotatable bonds is 3. The molecule has 13 rings (SSSR count). The summed E-state index contributed by atoms with van der Waals surface area (Å²) in [6.07, 6.45) is 0. The van der Waals surface area contributed by atoms with Gasteiger partial charge < -0.3 is 14.7 Å². The van der Waals surface area contributed by atoms with Crippen LogP contribution >= 0.6 is 11.8 Å². The third-order valence-electron chi connectivity index (χ3n) is 12.3. The molecule has 0 saturated carbocycles. The third kappa shape index (κ3) is 4.29. The molecule has 3 heterocycles. The first kappa shape index (κ1) is 31.3. The van der Waals surface area contributed by atoms with Gasteiger partial charge in [0.25, 0.3) is 6.71 Å². The van der Waals surface area contributed by atoms with Crippen LogP contribution in [0.2, 0.25) is 0 Å². The lowest BCUT2D eigenvalue weighted by atomic mass is 9.33. The lowest BCUT2D eigenvalue weighted by molar-refractivity contribution is 1.14. The van der Waals surface area contributed by atoms with E-state index in [2.05, 4.69) is 209 Å². The van der Waals surface area contributed by atoms with E-state index in [0.717, 1.165) is 11.4 Å². The van der Waals surface area contributed by atoms with Crippen LogP contribution in [-0.2, 0) is 0 Å². The third-order valence-corrected chi connectivity index (χ3v) is 13.5. The van der Waals surface area contributed by atoms with Crippen molar-refractivity contribution >= 4 is 118 Å². The summed E-state index contributed by atoms with van der Waals surface area (Å²) in [5.74, 6) is 0. The smallest absolute Gasteiger partial charge is 0.252 e. The second kappa shape index (κ2) is 11.8. The predicted octanol–water partition coefficient (Wildman–Crippen LogP) is 12.6. The van der Waals surface area contributed by atoms with Crippen molar-refractivity contribution in [3.63, 3.8) is 0 Å². The quantitative estimate of drug-likeness (QED) is 0.132. The molecule has 3 aliphatic heterocycles. The van der Waals surface area contributed by atoms with Crippen molar-refractivity contribution in [3.8, 4) is 0 Å². The second-order valence-electron chi connectivity index (χ2n) is 15.2. The topological polar surface area (TPSA) is 9.72 Å². The number of hydrogen-bond acceptors (Lipinski definition) is 4. The van der Waals surface area contributed by atoms with Crippen LogP contribution < -0.4 is 31.1 Å². The largest absolute Gasteiger partial charge is 0.311 e.